The molecule has 0 saturated heterocycles. The molecule has 0 fully saturated rings. The van der Waals surface area contributed by atoms with Gasteiger partial charge in [-0.05, 0) is 36.7 Å². The first-order valence-electron chi connectivity index (χ1n) is 3.53. The van der Waals surface area contributed by atoms with Crippen LogP contribution in [0, 0.1) is 5.92 Å². The van der Waals surface area contributed by atoms with Crippen LogP contribution in [0.25, 0.3) is 0 Å². The molecule has 0 aliphatic carbocycles. The fourth-order valence-corrected chi connectivity index (χ4v) is 1.43. The van der Waals surface area contributed by atoms with Crippen LogP contribution in [0.5, 0.6) is 0 Å². The predicted octanol–water partition coefficient (Wildman–Crippen LogP) is 2.65. The molecule has 0 heterocycles. The number of hydrogen-bond acceptors (Lipinski definition) is 2. The van der Waals surface area contributed by atoms with Crippen LogP contribution in [0.4, 0.5) is 0 Å². The van der Waals surface area contributed by atoms with Crippen LogP contribution in [0.1, 0.15) is 26.2 Å². The zero-order chi connectivity index (χ0) is 7.11. The van der Waals surface area contributed by atoms with Crippen molar-refractivity contribution in [2.24, 2.45) is 5.92 Å². The van der Waals surface area contributed by atoms with Crippen LogP contribution in [0.2, 0.25) is 0 Å². The first kappa shape index (κ1) is 9.70. The third kappa shape index (κ3) is 6.59. The Bertz CT molecular complexity index is 54.9. The van der Waals surface area contributed by atoms with E-state index in [4.69, 9.17) is 0 Å². The van der Waals surface area contributed by atoms with Crippen molar-refractivity contribution >= 4 is 25.3 Å². The molecule has 0 aromatic rings. The third-order valence-corrected chi connectivity index (χ3v) is 2.05. The van der Waals surface area contributed by atoms with Crippen LogP contribution < -0.4 is 0 Å². The normalized spacial score (nSPS) is 13.7. The van der Waals surface area contributed by atoms with E-state index >= 15 is 0 Å². The molecule has 0 aromatic carbocycles. The molecule has 1 unspecified atom stereocenters. The maximum atomic E-state index is 4.16. The molecule has 0 aliphatic heterocycles. The molecule has 0 saturated carbocycles. The molecule has 0 radical (unpaired) electrons. The van der Waals surface area contributed by atoms with E-state index in [9.17, 15) is 0 Å². The summed E-state index contributed by atoms with van der Waals surface area (Å²) in [4.78, 5) is 0. The minimum absolute atomic E-state index is 0.842. The Morgan fingerprint density at radius 2 is 1.78 bits per heavy atom. The zero-order valence-corrected chi connectivity index (χ0v) is 7.80. The number of rotatable bonds is 5. The lowest BCUT2D eigenvalue weighted by Crippen LogP contribution is -1.95. The van der Waals surface area contributed by atoms with E-state index in [2.05, 4.69) is 32.2 Å². The van der Waals surface area contributed by atoms with Gasteiger partial charge in [-0.25, -0.2) is 0 Å². The SMILES string of the molecule is CC(CCS)CCCS. The molecule has 0 rings (SSSR count). The van der Waals surface area contributed by atoms with E-state index in [-0.39, 0.29) is 0 Å². The van der Waals surface area contributed by atoms with Crippen molar-refractivity contribution in [3.05, 3.63) is 0 Å². The maximum Gasteiger partial charge on any atom is -0.00954 e. The van der Waals surface area contributed by atoms with Crippen LogP contribution in [-0.4, -0.2) is 11.5 Å². The Kier molecular flexibility index (Phi) is 7.34. The highest BCUT2D eigenvalue weighted by Gasteiger charge is 1.97. The summed E-state index contributed by atoms with van der Waals surface area (Å²) in [5.41, 5.74) is 0. The topological polar surface area (TPSA) is 0 Å². The van der Waals surface area contributed by atoms with Crippen molar-refractivity contribution < 1.29 is 0 Å². The lowest BCUT2D eigenvalue weighted by molar-refractivity contribution is 0.516. The lowest BCUT2D eigenvalue weighted by atomic mass is 10.0. The molecule has 1 atom stereocenters. The molecular formula is C7H16S2. The summed E-state index contributed by atoms with van der Waals surface area (Å²) in [6.07, 6.45) is 3.80. The largest absolute Gasteiger partial charge is 0.179 e. The monoisotopic (exact) mass is 164 g/mol. The van der Waals surface area contributed by atoms with Crippen LogP contribution >= 0.6 is 25.3 Å². The van der Waals surface area contributed by atoms with Gasteiger partial charge in [0.25, 0.3) is 0 Å². The van der Waals surface area contributed by atoms with Gasteiger partial charge < -0.3 is 0 Å². The van der Waals surface area contributed by atoms with Gasteiger partial charge in [0.05, 0.1) is 0 Å². The second-order valence-electron chi connectivity index (χ2n) is 2.48. The number of hydrogen-bond donors (Lipinski definition) is 2. The molecule has 0 N–H and O–H groups in total. The van der Waals surface area contributed by atoms with Gasteiger partial charge in [0.15, 0.2) is 0 Å². The van der Waals surface area contributed by atoms with Crippen molar-refractivity contribution in [3.63, 3.8) is 0 Å². The van der Waals surface area contributed by atoms with E-state index < -0.39 is 0 Å². The highest BCUT2D eigenvalue weighted by molar-refractivity contribution is 7.80. The van der Waals surface area contributed by atoms with Crippen LogP contribution in [-0.2, 0) is 0 Å². The summed E-state index contributed by atoms with van der Waals surface area (Å²) in [7, 11) is 0. The Balaban J connectivity index is 2.95. The predicted molar refractivity (Wildman–Crippen MR) is 50.7 cm³/mol. The van der Waals surface area contributed by atoms with Gasteiger partial charge in [0, 0.05) is 0 Å². The highest BCUT2D eigenvalue weighted by atomic mass is 32.1. The molecule has 0 aliphatic rings. The minimum Gasteiger partial charge on any atom is -0.179 e. The quantitative estimate of drug-likeness (QED) is 0.573. The summed E-state index contributed by atoms with van der Waals surface area (Å²) in [5.74, 6) is 2.89. The first-order chi connectivity index (χ1) is 4.31. The van der Waals surface area contributed by atoms with E-state index in [1.807, 2.05) is 0 Å². The van der Waals surface area contributed by atoms with Gasteiger partial charge >= 0.3 is 0 Å². The summed E-state index contributed by atoms with van der Waals surface area (Å²) in [6.45, 7) is 2.28. The van der Waals surface area contributed by atoms with Gasteiger partial charge in [-0.2, -0.15) is 25.3 Å². The van der Waals surface area contributed by atoms with Gasteiger partial charge in [0.1, 0.15) is 0 Å². The Labute approximate surface area is 69.2 Å². The maximum absolute atomic E-state index is 4.16. The first-order valence-corrected chi connectivity index (χ1v) is 4.79. The minimum atomic E-state index is 0.842. The van der Waals surface area contributed by atoms with Crippen molar-refractivity contribution in [2.45, 2.75) is 26.2 Å². The summed E-state index contributed by atoms with van der Waals surface area (Å²) >= 11 is 8.31. The molecule has 0 spiro atoms. The summed E-state index contributed by atoms with van der Waals surface area (Å²) in [5, 5.41) is 0. The molecule has 9 heavy (non-hydrogen) atoms. The van der Waals surface area contributed by atoms with Crippen molar-refractivity contribution in [3.8, 4) is 0 Å². The van der Waals surface area contributed by atoms with Gasteiger partial charge in [-0.3, -0.25) is 0 Å². The fraction of sp³-hybridized carbons (Fsp3) is 1.00. The van der Waals surface area contributed by atoms with E-state index in [0.29, 0.717) is 0 Å². The van der Waals surface area contributed by atoms with Gasteiger partial charge in [0.2, 0.25) is 0 Å². The summed E-state index contributed by atoms with van der Waals surface area (Å²) in [6, 6.07) is 0. The fourth-order valence-electron chi connectivity index (χ4n) is 0.804. The number of thiol groups is 2. The summed E-state index contributed by atoms with van der Waals surface area (Å²) < 4.78 is 0. The molecule has 0 nitrogen and oxygen atoms in total. The van der Waals surface area contributed by atoms with Crippen molar-refractivity contribution in [1.29, 1.82) is 0 Å². The molecule has 0 aromatic heterocycles. The van der Waals surface area contributed by atoms with Crippen molar-refractivity contribution in [2.75, 3.05) is 11.5 Å². The Hall–Kier alpha value is 0.700. The molecule has 0 bridgehead atoms. The Morgan fingerprint density at radius 1 is 1.11 bits per heavy atom. The standard InChI is InChI=1S/C7H16S2/c1-7(4-6-9)3-2-5-8/h7-9H,2-6H2,1H3. The molecule has 56 valence electrons. The Morgan fingerprint density at radius 3 is 2.22 bits per heavy atom. The van der Waals surface area contributed by atoms with E-state index in [0.717, 1.165) is 17.4 Å². The molecule has 2 heteroatoms. The van der Waals surface area contributed by atoms with E-state index in [1.54, 1.807) is 0 Å². The highest BCUT2D eigenvalue weighted by Crippen LogP contribution is 2.10. The van der Waals surface area contributed by atoms with Crippen LogP contribution in [0.15, 0.2) is 0 Å². The van der Waals surface area contributed by atoms with Crippen molar-refractivity contribution in [1.82, 2.24) is 0 Å². The average Bonchev–Trinajstić information content (AvgIpc) is 1.85. The zero-order valence-electron chi connectivity index (χ0n) is 6.01. The lowest BCUT2D eigenvalue weighted by Gasteiger charge is -2.06. The van der Waals surface area contributed by atoms with Gasteiger partial charge in [-0.15, -0.1) is 0 Å². The average molecular weight is 164 g/mol. The molecular weight excluding hydrogens is 148 g/mol. The smallest absolute Gasteiger partial charge is 0.00954 e. The van der Waals surface area contributed by atoms with Crippen LogP contribution in [0.3, 0.4) is 0 Å². The second kappa shape index (κ2) is 6.81. The third-order valence-electron chi connectivity index (χ3n) is 1.48. The molecule has 0 amide bonds. The second-order valence-corrected chi connectivity index (χ2v) is 3.38. The van der Waals surface area contributed by atoms with E-state index in [1.165, 1.54) is 19.3 Å². The van der Waals surface area contributed by atoms with Gasteiger partial charge in [-0.1, -0.05) is 6.92 Å².